The number of fused-ring (bicyclic) bond motifs is 1. The van der Waals surface area contributed by atoms with E-state index in [4.69, 9.17) is 0 Å². The van der Waals surface area contributed by atoms with Gasteiger partial charge in [0.25, 0.3) is 0 Å². The van der Waals surface area contributed by atoms with E-state index in [1.165, 1.54) is 43.7 Å². The first-order valence-corrected chi connectivity index (χ1v) is 11.3. The van der Waals surface area contributed by atoms with E-state index in [2.05, 4.69) is 36.6 Å². The van der Waals surface area contributed by atoms with Gasteiger partial charge in [0.05, 0.1) is 0 Å². The zero-order chi connectivity index (χ0) is 22.5. The number of hydrogen-bond donors (Lipinski definition) is 0. The summed E-state index contributed by atoms with van der Waals surface area (Å²) in [4.78, 5) is 0. The SMILES string of the molecule is C=CCC1CCC(CCc2ccc(C#Cc3ccc4c(F)c(F)c(F)cc4c3)cc2)CC1. The maximum Gasteiger partial charge on any atom is 0.195 e. The highest BCUT2D eigenvalue weighted by atomic mass is 19.2. The topological polar surface area (TPSA) is 0 Å². The molecule has 164 valence electrons. The van der Waals surface area contributed by atoms with E-state index < -0.39 is 17.5 Å². The summed E-state index contributed by atoms with van der Waals surface area (Å²) in [5.41, 5.74) is 2.83. The van der Waals surface area contributed by atoms with Gasteiger partial charge >= 0.3 is 0 Å². The number of allylic oxidation sites excluding steroid dienone is 1. The Morgan fingerprint density at radius 3 is 2.19 bits per heavy atom. The Bertz CT molecular complexity index is 1160. The molecule has 0 radical (unpaired) electrons. The molecule has 1 saturated carbocycles. The Balaban J connectivity index is 1.36. The van der Waals surface area contributed by atoms with Crippen LogP contribution >= 0.6 is 0 Å². The Labute approximate surface area is 188 Å². The third-order valence-corrected chi connectivity index (χ3v) is 6.59. The van der Waals surface area contributed by atoms with E-state index in [1.807, 2.05) is 12.1 Å². The second-order valence-corrected chi connectivity index (χ2v) is 8.82. The van der Waals surface area contributed by atoms with Crippen molar-refractivity contribution in [2.24, 2.45) is 11.8 Å². The van der Waals surface area contributed by atoms with Crippen molar-refractivity contribution in [2.75, 3.05) is 0 Å². The second-order valence-electron chi connectivity index (χ2n) is 8.82. The first-order valence-electron chi connectivity index (χ1n) is 11.3. The highest BCUT2D eigenvalue weighted by molar-refractivity contribution is 5.84. The average Bonchev–Trinajstić information content (AvgIpc) is 2.81. The summed E-state index contributed by atoms with van der Waals surface area (Å²) >= 11 is 0. The third-order valence-electron chi connectivity index (χ3n) is 6.59. The lowest BCUT2D eigenvalue weighted by Gasteiger charge is -2.27. The van der Waals surface area contributed by atoms with Gasteiger partial charge in [0.1, 0.15) is 0 Å². The average molecular weight is 433 g/mol. The maximum absolute atomic E-state index is 13.9. The summed E-state index contributed by atoms with van der Waals surface area (Å²) in [7, 11) is 0. The monoisotopic (exact) mass is 432 g/mol. The summed E-state index contributed by atoms with van der Waals surface area (Å²) in [5.74, 6) is 3.98. The van der Waals surface area contributed by atoms with Crippen molar-refractivity contribution in [2.45, 2.75) is 44.9 Å². The highest BCUT2D eigenvalue weighted by Gasteiger charge is 2.20. The van der Waals surface area contributed by atoms with Crippen LogP contribution in [0.25, 0.3) is 10.8 Å². The summed E-state index contributed by atoms with van der Waals surface area (Å²) in [6.45, 7) is 3.86. The molecule has 0 unspecified atom stereocenters. The van der Waals surface area contributed by atoms with Crippen molar-refractivity contribution < 1.29 is 13.2 Å². The quantitative estimate of drug-likeness (QED) is 0.218. The van der Waals surface area contributed by atoms with Gasteiger partial charge in [-0.1, -0.05) is 49.0 Å². The molecule has 4 rings (SSSR count). The van der Waals surface area contributed by atoms with Crippen LogP contribution in [-0.4, -0.2) is 0 Å². The number of halogens is 3. The molecule has 0 bridgehead atoms. The second kappa shape index (κ2) is 10.1. The van der Waals surface area contributed by atoms with Crippen LogP contribution in [0, 0.1) is 41.1 Å². The molecule has 1 fully saturated rings. The summed E-state index contributed by atoms with van der Waals surface area (Å²) < 4.78 is 40.7. The van der Waals surface area contributed by atoms with Crippen molar-refractivity contribution in [3.63, 3.8) is 0 Å². The molecule has 0 atom stereocenters. The van der Waals surface area contributed by atoms with E-state index in [0.29, 0.717) is 10.9 Å². The number of hydrogen-bond acceptors (Lipinski definition) is 0. The molecule has 1 aliphatic carbocycles. The van der Waals surface area contributed by atoms with Gasteiger partial charge in [-0.15, -0.1) is 6.58 Å². The molecule has 0 aromatic heterocycles. The molecule has 1 aliphatic rings. The molecule has 0 N–H and O–H groups in total. The van der Waals surface area contributed by atoms with Gasteiger partial charge < -0.3 is 0 Å². The van der Waals surface area contributed by atoms with E-state index >= 15 is 0 Å². The minimum atomic E-state index is -1.45. The Morgan fingerprint density at radius 2 is 1.47 bits per heavy atom. The van der Waals surface area contributed by atoms with E-state index in [-0.39, 0.29) is 5.39 Å². The molecule has 3 heteroatoms. The van der Waals surface area contributed by atoms with Crippen molar-refractivity contribution in [3.8, 4) is 11.8 Å². The van der Waals surface area contributed by atoms with Gasteiger partial charge in [-0.2, -0.15) is 0 Å². The van der Waals surface area contributed by atoms with E-state index in [1.54, 1.807) is 12.1 Å². The predicted octanol–water partition coefficient (Wildman–Crippen LogP) is 7.97. The third kappa shape index (κ3) is 5.25. The molecule has 0 saturated heterocycles. The first-order chi connectivity index (χ1) is 15.5. The fourth-order valence-corrected chi connectivity index (χ4v) is 4.64. The van der Waals surface area contributed by atoms with Gasteiger partial charge in [-0.3, -0.25) is 0 Å². The van der Waals surface area contributed by atoms with E-state index in [0.717, 1.165) is 36.3 Å². The lowest BCUT2D eigenvalue weighted by atomic mass is 9.78. The van der Waals surface area contributed by atoms with Crippen LogP contribution in [0.1, 0.15) is 55.2 Å². The Morgan fingerprint density at radius 1 is 0.812 bits per heavy atom. The molecule has 32 heavy (non-hydrogen) atoms. The molecule has 3 aromatic carbocycles. The van der Waals surface area contributed by atoms with Crippen molar-refractivity contribution in [3.05, 3.63) is 95.3 Å². The van der Waals surface area contributed by atoms with Crippen molar-refractivity contribution >= 4 is 10.8 Å². The Hall–Kier alpha value is -2.99. The van der Waals surface area contributed by atoms with Gasteiger partial charge in [0.2, 0.25) is 0 Å². The minimum Gasteiger partial charge on any atom is -0.204 e. The summed E-state index contributed by atoms with van der Waals surface area (Å²) in [6.07, 6.45) is 10.8. The minimum absolute atomic E-state index is 0.0491. The van der Waals surface area contributed by atoms with Crippen molar-refractivity contribution in [1.82, 2.24) is 0 Å². The molecular formula is C29H27F3. The first kappa shape index (κ1) is 22.2. The smallest absolute Gasteiger partial charge is 0.195 e. The van der Waals surface area contributed by atoms with E-state index in [9.17, 15) is 13.2 Å². The summed E-state index contributed by atoms with van der Waals surface area (Å²) in [6, 6.07) is 13.9. The molecular weight excluding hydrogens is 405 g/mol. The van der Waals surface area contributed by atoms with Crippen LogP contribution in [-0.2, 0) is 6.42 Å². The lowest BCUT2D eigenvalue weighted by molar-refractivity contribution is 0.265. The lowest BCUT2D eigenvalue weighted by Crippen LogP contribution is -2.14. The molecule has 0 spiro atoms. The molecule has 0 heterocycles. The van der Waals surface area contributed by atoms with Crippen LogP contribution in [0.2, 0.25) is 0 Å². The van der Waals surface area contributed by atoms with Crippen LogP contribution in [0.5, 0.6) is 0 Å². The zero-order valence-corrected chi connectivity index (χ0v) is 18.1. The van der Waals surface area contributed by atoms with Crippen LogP contribution in [0.15, 0.2) is 61.2 Å². The number of benzene rings is 3. The van der Waals surface area contributed by atoms with Crippen LogP contribution < -0.4 is 0 Å². The maximum atomic E-state index is 13.9. The largest absolute Gasteiger partial charge is 0.204 e. The standard InChI is InChI=1S/C29H27F3/c1-2-3-20-4-6-21(7-5-20)8-9-22-10-12-23(13-11-22)14-15-24-16-17-26-25(18-24)19-27(30)29(32)28(26)31/h2,10-13,16-21H,1,3-9H2. The number of rotatable bonds is 5. The van der Waals surface area contributed by atoms with Gasteiger partial charge in [-0.25, -0.2) is 13.2 Å². The van der Waals surface area contributed by atoms with Crippen LogP contribution in [0.4, 0.5) is 13.2 Å². The van der Waals surface area contributed by atoms with Gasteiger partial charge in [-0.05, 0) is 85.2 Å². The molecule has 0 aliphatic heterocycles. The van der Waals surface area contributed by atoms with Crippen LogP contribution in [0.3, 0.4) is 0 Å². The van der Waals surface area contributed by atoms with Gasteiger partial charge in [0, 0.05) is 16.5 Å². The number of aryl methyl sites for hydroxylation is 1. The fourth-order valence-electron chi connectivity index (χ4n) is 4.64. The summed E-state index contributed by atoms with van der Waals surface area (Å²) in [5, 5.41) is 0.343. The zero-order valence-electron chi connectivity index (χ0n) is 18.1. The molecule has 0 nitrogen and oxygen atoms in total. The fraction of sp³-hybridized carbons (Fsp3) is 0.310. The Kier molecular flexibility index (Phi) is 7.00. The predicted molar refractivity (Wildman–Crippen MR) is 125 cm³/mol. The van der Waals surface area contributed by atoms with Gasteiger partial charge in [0.15, 0.2) is 17.5 Å². The molecule has 3 aromatic rings. The highest BCUT2D eigenvalue weighted by Crippen LogP contribution is 2.33. The normalized spacial score (nSPS) is 18.2. The van der Waals surface area contributed by atoms with Crippen molar-refractivity contribution in [1.29, 1.82) is 0 Å². The molecule has 0 amide bonds.